The number of aliphatic hydroxyl groups is 1. The van der Waals surface area contributed by atoms with Crippen LogP contribution in [0.15, 0.2) is 24.3 Å². The minimum absolute atomic E-state index is 0.204. The van der Waals surface area contributed by atoms with E-state index in [1.54, 1.807) is 0 Å². The average Bonchev–Trinajstić information content (AvgIpc) is 2.45. The monoisotopic (exact) mass is 294 g/mol. The molecule has 0 fully saturated rings. The fourth-order valence-electron chi connectivity index (χ4n) is 2.03. The van der Waals surface area contributed by atoms with Gasteiger partial charge >= 0.3 is 12.0 Å². The molecule has 2 rings (SSSR count). The highest BCUT2D eigenvalue weighted by molar-refractivity contribution is 5.79. The van der Waals surface area contributed by atoms with Gasteiger partial charge in [0.25, 0.3) is 0 Å². The van der Waals surface area contributed by atoms with Crippen molar-refractivity contribution in [1.82, 2.24) is 10.6 Å². The fourth-order valence-corrected chi connectivity index (χ4v) is 2.03. The smallest absolute Gasteiger partial charge is 0.337 e. The first-order chi connectivity index (χ1) is 9.90. The van der Waals surface area contributed by atoms with E-state index >= 15 is 0 Å². The van der Waals surface area contributed by atoms with Gasteiger partial charge in [-0.05, 0) is 13.0 Å². The van der Waals surface area contributed by atoms with Crippen LogP contribution in [-0.2, 0) is 4.79 Å². The average molecular weight is 294 g/mol. The molecule has 0 aromatic heterocycles. The maximum atomic E-state index is 11.8. The molecule has 7 heteroatoms. The van der Waals surface area contributed by atoms with Gasteiger partial charge in [-0.1, -0.05) is 18.2 Å². The van der Waals surface area contributed by atoms with Crippen molar-refractivity contribution in [2.24, 2.45) is 0 Å². The summed E-state index contributed by atoms with van der Waals surface area (Å²) in [6.45, 7) is 1.24. The number of aliphatic carboxylic acids is 1. The molecule has 0 radical (unpaired) electrons. The second kappa shape index (κ2) is 6.01. The quantitative estimate of drug-likeness (QED) is 0.652. The third-order valence-corrected chi connectivity index (χ3v) is 3.32. The molecule has 1 aromatic carbocycles. The van der Waals surface area contributed by atoms with Crippen molar-refractivity contribution in [3.05, 3.63) is 29.8 Å². The van der Waals surface area contributed by atoms with E-state index in [-0.39, 0.29) is 12.6 Å². The van der Waals surface area contributed by atoms with E-state index in [0.717, 1.165) is 18.2 Å². The highest BCUT2D eigenvalue weighted by Gasteiger charge is 2.31. The Bertz CT molecular complexity index is 544. The first kappa shape index (κ1) is 15.1. The van der Waals surface area contributed by atoms with Crippen molar-refractivity contribution < 1.29 is 24.5 Å². The Morgan fingerprint density at radius 1 is 1.43 bits per heavy atom. The van der Waals surface area contributed by atoms with Crippen LogP contribution in [0.2, 0.25) is 0 Å². The van der Waals surface area contributed by atoms with E-state index in [1.807, 2.05) is 24.3 Å². The summed E-state index contributed by atoms with van der Waals surface area (Å²) in [6, 6.07) is 6.67. The minimum atomic E-state index is -2.00. The number of carboxylic acids is 1. The number of amides is 2. The number of para-hydroxylation sites is 1. The number of rotatable bonds is 4. The standard InChI is InChI=1S/C14H18N2O5/c1-14(20,12(17)18)8-15-13(19)16-10-6-7-21-11-5-3-2-4-9(10)11/h2-5,10,20H,6-8H2,1H3,(H,17,18)(H2,15,16,19). The molecule has 1 aliphatic heterocycles. The Balaban J connectivity index is 1.94. The molecule has 1 heterocycles. The number of urea groups is 1. The number of ether oxygens (including phenoxy) is 1. The Labute approximate surface area is 121 Å². The largest absolute Gasteiger partial charge is 0.493 e. The number of carboxylic acid groups (broad SMARTS) is 1. The Morgan fingerprint density at radius 3 is 2.86 bits per heavy atom. The van der Waals surface area contributed by atoms with Crippen LogP contribution in [0.1, 0.15) is 24.9 Å². The summed E-state index contributed by atoms with van der Waals surface area (Å²) >= 11 is 0. The number of hydrogen-bond donors (Lipinski definition) is 4. The van der Waals surface area contributed by atoms with Gasteiger partial charge in [-0.25, -0.2) is 9.59 Å². The van der Waals surface area contributed by atoms with E-state index < -0.39 is 17.6 Å². The molecule has 0 saturated heterocycles. The highest BCUT2D eigenvalue weighted by atomic mass is 16.5. The summed E-state index contributed by atoms with van der Waals surface area (Å²) in [4.78, 5) is 22.6. The summed E-state index contributed by atoms with van der Waals surface area (Å²) in [5, 5.41) is 23.4. The summed E-state index contributed by atoms with van der Waals surface area (Å²) in [5.74, 6) is -0.661. The third-order valence-electron chi connectivity index (χ3n) is 3.32. The van der Waals surface area contributed by atoms with Crippen molar-refractivity contribution in [3.63, 3.8) is 0 Å². The lowest BCUT2D eigenvalue weighted by Crippen LogP contribution is -2.49. The zero-order valence-electron chi connectivity index (χ0n) is 11.6. The molecule has 2 amide bonds. The molecule has 4 N–H and O–H groups in total. The lowest BCUT2D eigenvalue weighted by molar-refractivity contribution is -0.155. The van der Waals surface area contributed by atoms with Gasteiger partial charge < -0.3 is 25.6 Å². The van der Waals surface area contributed by atoms with Crippen molar-refractivity contribution in [3.8, 4) is 5.75 Å². The lowest BCUT2D eigenvalue weighted by Gasteiger charge is -2.27. The van der Waals surface area contributed by atoms with Gasteiger partial charge in [-0.3, -0.25) is 0 Å². The first-order valence-corrected chi connectivity index (χ1v) is 6.62. The second-order valence-corrected chi connectivity index (χ2v) is 5.13. The molecule has 0 aliphatic carbocycles. The van der Waals surface area contributed by atoms with Crippen molar-refractivity contribution >= 4 is 12.0 Å². The molecule has 1 aliphatic rings. The van der Waals surface area contributed by atoms with Crippen LogP contribution in [0.4, 0.5) is 4.79 Å². The zero-order valence-corrected chi connectivity index (χ0v) is 11.6. The maximum absolute atomic E-state index is 11.8. The Morgan fingerprint density at radius 2 is 2.14 bits per heavy atom. The summed E-state index contributed by atoms with van der Waals surface area (Å²) < 4.78 is 5.49. The molecule has 2 atom stereocenters. The maximum Gasteiger partial charge on any atom is 0.337 e. The highest BCUT2D eigenvalue weighted by Crippen LogP contribution is 2.31. The molecule has 0 spiro atoms. The van der Waals surface area contributed by atoms with Crippen LogP contribution < -0.4 is 15.4 Å². The SMILES string of the molecule is CC(O)(CNC(=O)NC1CCOc2ccccc21)C(=O)O. The fraction of sp³-hybridized carbons (Fsp3) is 0.429. The molecule has 114 valence electrons. The van der Waals surface area contributed by atoms with E-state index in [0.29, 0.717) is 13.0 Å². The Hall–Kier alpha value is -2.28. The van der Waals surface area contributed by atoms with Crippen LogP contribution in [0.25, 0.3) is 0 Å². The van der Waals surface area contributed by atoms with Crippen molar-refractivity contribution in [2.75, 3.05) is 13.2 Å². The third kappa shape index (κ3) is 3.63. The molecule has 0 bridgehead atoms. The van der Waals surface area contributed by atoms with Crippen LogP contribution >= 0.6 is 0 Å². The van der Waals surface area contributed by atoms with Crippen LogP contribution in [0.5, 0.6) is 5.75 Å². The molecule has 0 saturated carbocycles. The Kier molecular flexibility index (Phi) is 4.32. The van der Waals surface area contributed by atoms with Crippen LogP contribution in [-0.4, -0.2) is 41.0 Å². The van der Waals surface area contributed by atoms with Crippen molar-refractivity contribution in [2.45, 2.75) is 25.0 Å². The molecule has 1 aromatic rings. The van der Waals surface area contributed by atoms with Gasteiger partial charge in [0.05, 0.1) is 19.2 Å². The number of carbonyl (C=O) groups is 2. The molecular weight excluding hydrogens is 276 g/mol. The lowest BCUT2D eigenvalue weighted by atomic mass is 10.0. The molecule has 7 nitrogen and oxygen atoms in total. The van der Waals surface area contributed by atoms with Gasteiger partial charge in [-0.2, -0.15) is 0 Å². The van der Waals surface area contributed by atoms with Crippen LogP contribution in [0, 0.1) is 0 Å². The number of benzene rings is 1. The second-order valence-electron chi connectivity index (χ2n) is 5.13. The van der Waals surface area contributed by atoms with E-state index in [2.05, 4.69) is 10.6 Å². The zero-order chi connectivity index (χ0) is 15.5. The number of carbonyl (C=O) groups excluding carboxylic acids is 1. The van der Waals surface area contributed by atoms with Crippen molar-refractivity contribution in [1.29, 1.82) is 0 Å². The van der Waals surface area contributed by atoms with Gasteiger partial charge in [0.1, 0.15) is 5.75 Å². The van der Waals surface area contributed by atoms with Gasteiger partial charge in [0, 0.05) is 12.0 Å². The van der Waals surface area contributed by atoms with Gasteiger partial charge in [0.2, 0.25) is 0 Å². The molecule has 21 heavy (non-hydrogen) atoms. The number of fused-ring (bicyclic) bond motifs is 1. The topological polar surface area (TPSA) is 108 Å². The predicted octanol–water partition coefficient (Wildman–Crippen LogP) is 0.645. The van der Waals surface area contributed by atoms with Gasteiger partial charge in [0.15, 0.2) is 5.60 Å². The summed E-state index contributed by atoms with van der Waals surface area (Å²) in [6.07, 6.45) is 0.625. The predicted molar refractivity (Wildman–Crippen MR) is 74.1 cm³/mol. The summed E-state index contributed by atoms with van der Waals surface area (Å²) in [7, 11) is 0. The normalized spacial score (nSPS) is 19.6. The minimum Gasteiger partial charge on any atom is -0.493 e. The van der Waals surface area contributed by atoms with E-state index in [1.165, 1.54) is 0 Å². The van der Waals surface area contributed by atoms with Gasteiger partial charge in [-0.15, -0.1) is 0 Å². The number of nitrogens with one attached hydrogen (secondary N) is 2. The molecular formula is C14H18N2O5. The number of hydrogen-bond acceptors (Lipinski definition) is 4. The molecule has 2 unspecified atom stereocenters. The van der Waals surface area contributed by atoms with E-state index in [9.17, 15) is 14.7 Å². The first-order valence-electron chi connectivity index (χ1n) is 6.62. The van der Waals surface area contributed by atoms with Crippen LogP contribution in [0.3, 0.4) is 0 Å². The van der Waals surface area contributed by atoms with E-state index in [4.69, 9.17) is 9.84 Å². The summed E-state index contributed by atoms with van der Waals surface area (Å²) in [5.41, 5.74) is -1.12.